The highest BCUT2D eigenvalue weighted by Crippen LogP contribution is 2.27. The lowest BCUT2D eigenvalue weighted by Crippen LogP contribution is -2.44. The number of thiazole rings is 1. The number of piperazine rings is 1. The number of carbonyl (C=O) groups excluding carboxylic acids is 2. The zero-order valence-electron chi connectivity index (χ0n) is 19.7. The average Bonchev–Trinajstić information content (AvgIpc) is 3.28. The summed E-state index contributed by atoms with van der Waals surface area (Å²) in [6.45, 7) is 6.10. The van der Waals surface area contributed by atoms with Gasteiger partial charge in [-0.3, -0.25) is 14.9 Å². The van der Waals surface area contributed by atoms with Crippen LogP contribution in [-0.2, 0) is 4.79 Å². The van der Waals surface area contributed by atoms with Crippen molar-refractivity contribution in [1.29, 1.82) is 0 Å². The molecule has 0 aliphatic carbocycles. The zero-order valence-corrected chi connectivity index (χ0v) is 20.6. The van der Waals surface area contributed by atoms with Crippen molar-refractivity contribution in [1.82, 2.24) is 15.2 Å². The molecule has 35 heavy (non-hydrogen) atoms. The van der Waals surface area contributed by atoms with Gasteiger partial charge in [0.15, 0.2) is 0 Å². The number of fused-ring (bicyclic) bond motifs is 1. The van der Waals surface area contributed by atoms with Crippen LogP contribution in [0, 0.1) is 6.92 Å². The minimum absolute atomic E-state index is 0.382. The maximum absolute atomic E-state index is 12.7. The van der Waals surface area contributed by atoms with E-state index in [1.807, 2.05) is 48.9 Å². The Bertz CT molecular complexity index is 1320. The van der Waals surface area contributed by atoms with E-state index in [2.05, 4.69) is 44.6 Å². The second-order valence-corrected chi connectivity index (χ2v) is 9.65. The minimum atomic E-state index is -0.413. The summed E-state index contributed by atoms with van der Waals surface area (Å²) in [7, 11) is 2.15. The van der Waals surface area contributed by atoms with Crippen molar-refractivity contribution in [3.05, 3.63) is 81.4 Å². The molecule has 3 heterocycles. The molecule has 2 amide bonds. The molecule has 178 valence electrons. The molecule has 1 aromatic heterocycles. The Balaban J connectivity index is 1.37. The molecule has 2 N–H and O–H groups in total. The first-order chi connectivity index (χ1) is 17.0. The van der Waals surface area contributed by atoms with E-state index in [0.29, 0.717) is 16.7 Å². The summed E-state index contributed by atoms with van der Waals surface area (Å²) >= 11 is 1.57. The van der Waals surface area contributed by atoms with Crippen LogP contribution in [0.4, 0.5) is 11.4 Å². The van der Waals surface area contributed by atoms with Crippen LogP contribution >= 0.6 is 11.3 Å². The van der Waals surface area contributed by atoms with Crippen molar-refractivity contribution < 1.29 is 9.59 Å². The van der Waals surface area contributed by atoms with Crippen molar-refractivity contribution in [2.24, 2.45) is 0 Å². The maximum Gasteiger partial charge on any atom is 0.260 e. The molecule has 0 radical (unpaired) electrons. The van der Waals surface area contributed by atoms with Gasteiger partial charge in [0.25, 0.3) is 11.8 Å². The Morgan fingerprint density at radius 2 is 1.74 bits per heavy atom. The van der Waals surface area contributed by atoms with Crippen LogP contribution in [-0.4, -0.2) is 54.9 Å². The predicted octanol–water partition coefficient (Wildman–Crippen LogP) is 4.10. The molecule has 2 aromatic carbocycles. The second-order valence-electron chi connectivity index (χ2n) is 8.76. The number of likely N-dealkylation sites (N-methyl/N-ethyl adjacent to an activating group) is 1. The monoisotopic (exact) mass is 485 g/mol. The molecule has 0 unspecified atom stereocenters. The van der Waals surface area contributed by atoms with Gasteiger partial charge in [0.2, 0.25) is 0 Å². The quantitative estimate of drug-likeness (QED) is 0.419. The highest BCUT2D eigenvalue weighted by atomic mass is 32.1. The number of anilines is 2. The lowest BCUT2D eigenvalue weighted by atomic mass is 9.93. The first-order valence-corrected chi connectivity index (χ1v) is 12.4. The van der Waals surface area contributed by atoms with Crippen LogP contribution in [0.2, 0.25) is 0 Å². The van der Waals surface area contributed by atoms with Crippen molar-refractivity contribution >= 4 is 52.3 Å². The average molecular weight is 486 g/mol. The van der Waals surface area contributed by atoms with E-state index < -0.39 is 5.91 Å². The van der Waals surface area contributed by atoms with Gasteiger partial charge in [-0.25, -0.2) is 4.98 Å². The molecule has 1 saturated heterocycles. The molecule has 2 aliphatic rings. The number of rotatable bonds is 5. The van der Waals surface area contributed by atoms with Gasteiger partial charge in [-0.2, -0.15) is 0 Å². The van der Waals surface area contributed by atoms with Crippen LogP contribution < -0.4 is 15.5 Å². The molecule has 1 fully saturated rings. The predicted molar refractivity (Wildman–Crippen MR) is 142 cm³/mol. The number of aryl methyl sites for hydroxylation is 1. The topological polar surface area (TPSA) is 77.6 Å². The summed E-state index contributed by atoms with van der Waals surface area (Å²) in [4.78, 5) is 35.2. The first-order valence-electron chi connectivity index (χ1n) is 11.6. The van der Waals surface area contributed by atoms with E-state index in [-0.39, 0.29) is 5.91 Å². The van der Waals surface area contributed by atoms with Gasteiger partial charge in [0.1, 0.15) is 0 Å². The summed E-state index contributed by atoms with van der Waals surface area (Å²) < 4.78 is 0. The van der Waals surface area contributed by atoms with Crippen LogP contribution in [0.15, 0.2) is 54.2 Å². The Hall–Kier alpha value is -3.75. The number of hydrogen-bond donors (Lipinski definition) is 2. The Morgan fingerprint density at radius 3 is 2.46 bits per heavy atom. The van der Waals surface area contributed by atoms with Crippen LogP contribution in [0.1, 0.15) is 32.1 Å². The molecule has 2 aliphatic heterocycles. The van der Waals surface area contributed by atoms with Crippen molar-refractivity contribution in [3.8, 4) is 0 Å². The Kier molecular flexibility index (Phi) is 6.48. The second kappa shape index (κ2) is 9.85. The summed E-state index contributed by atoms with van der Waals surface area (Å²) in [6.07, 6.45) is 5.65. The Morgan fingerprint density at radius 1 is 0.971 bits per heavy atom. The third-order valence-corrected chi connectivity index (χ3v) is 7.28. The van der Waals surface area contributed by atoms with Crippen molar-refractivity contribution in [2.45, 2.75) is 6.92 Å². The number of nitrogens with zero attached hydrogens (tertiary/aromatic N) is 3. The van der Waals surface area contributed by atoms with E-state index in [1.54, 1.807) is 23.6 Å². The molecule has 0 atom stereocenters. The number of benzene rings is 2. The number of imide groups is 1. The number of hydrogen-bond acceptors (Lipinski definition) is 7. The Labute approximate surface area is 208 Å². The number of amides is 2. The molecule has 7 nitrogen and oxygen atoms in total. The molecule has 8 heteroatoms. The SMILES string of the molecule is Cc1ncsc1C=Cc1ccc2c(c1)C(=CNc1ccc(N3CCN(C)CC3)cc1)C(=O)NC2=O. The molecule has 5 rings (SSSR count). The van der Waals surface area contributed by atoms with Gasteiger partial charge < -0.3 is 15.1 Å². The lowest BCUT2D eigenvalue weighted by molar-refractivity contribution is -0.114. The fourth-order valence-corrected chi connectivity index (χ4v) is 4.92. The highest BCUT2D eigenvalue weighted by molar-refractivity contribution is 7.10. The molecule has 0 bridgehead atoms. The largest absolute Gasteiger partial charge is 0.369 e. The lowest BCUT2D eigenvalue weighted by Gasteiger charge is -2.34. The molecule has 0 spiro atoms. The van der Waals surface area contributed by atoms with Crippen LogP contribution in [0.3, 0.4) is 0 Å². The fourth-order valence-electron chi connectivity index (χ4n) is 4.22. The summed E-state index contributed by atoms with van der Waals surface area (Å²) in [6, 6.07) is 13.7. The fraction of sp³-hybridized carbons (Fsp3) is 0.222. The first kappa shape index (κ1) is 23.0. The van der Waals surface area contributed by atoms with E-state index >= 15 is 0 Å². The van der Waals surface area contributed by atoms with Crippen molar-refractivity contribution in [3.63, 3.8) is 0 Å². The molecule has 3 aromatic rings. The van der Waals surface area contributed by atoms with E-state index in [0.717, 1.165) is 48.0 Å². The third kappa shape index (κ3) is 5.03. The standard InChI is InChI=1S/C27H27N5O2S/c1-18-25(35-17-29-18)10-4-19-3-9-22-23(15-19)24(27(34)30-26(22)33)16-28-20-5-7-21(8-6-20)32-13-11-31(2)12-14-32/h3-10,15-17,28H,11-14H2,1-2H3,(H,30,33,34). The van der Waals surface area contributed by atoms with Gasteiger partial charge in [-0.1, -0.05) is 12.1 Å². The minimum Gasteiger partial charge on any atom is -0.369 e. The van der Waals surface area contributed by atoms with Gasteiger partial charge in [0.05, 0.1) is 16.8 Å². The number of nitrogens with one attached hydrogen (secondary N) is 2. The summed E-state index contributed by atoms with van der Waals surface area (Å²) in [5, 5.41) is 5.67. The van der Waals surface area contributed by atoms with Crippen molar-refractivity contribution in [2.75, 3.05) is 43.4 Å². The van der Waals surface area contributed by atoms with Crippen LogP contribution in [0.25, 0.3) is 17.7 Å². The van der Waals surface area contributed by atoms with E-state index in [4.69, 9.17) is 0 Å². The zero-order chi connectivity index (χ0) is 24.4. The van der Waals surface area contributed by atoms with Gasteiger partial charge in [-0.15, -0.1) is 11.3 Å². The third-order valence-electron chi connectivity index (χ3n) is 6.38. The van der Waals surface area contributed by atoms with Gasteiger partial charge in [-0.05, 0) is 62.0 Å². The number of aromatic nitrogens is 1. The molecular formula is C27H27N5O2S. The highest BCUT2D eigenvalue weighted by Gasteiger charge is 2.27. The van der Waals surface area contributed by atoms with E-state index in [1.165, 1.54) is 5.69 Å². The number of carbonyl (C=O) groups is 2. The van der Waals surface area contributed by atoms with Gasteiger partial charge in [0, 0.05) is 59.8 Å². The normalized spacial score (nSPS) is 17.7. The smallest absolute Gasteiger partial charge is 0.260 e. The van der Waals surface area contributed by atoms with Gasteiger partial charge >= 0.3 is 0 Å². The summed E-state index contributed by atoms with van der Waals surface area (Å²) in [5.41, 5.74) is 7.27. The molecular weight excluding hydrogens is 458 g/mol. The molecule has 0 saturated carbocycles. The summed E-state index contributed by atoms with van der Waals surface area (Å²) in [5.74, 6) is -0.795. The van der Waals surface area contributed by atoms with E-state index in [9.17, 15) is 9.59 Å². The maximum atomic E-state index is 12.7. The van der Waals surface area contributed by atoms with Crippen LogP contribution in [0.5, 0.6) is 0 Å².